The van der Waals surface area contributed by atoms with Gasteiger partial charge in [0.15, 0.2) is 0 Å². The number of benzene rings is 1. The molecule has 0 bridgehead atoms. The molecule has 0 spiro atoms. The SMILES string of the molecule is CCC1N(CC)c2cc(Cl)c(C#N)cc2N1CC. The van der Waals surface area contributed by atoms with Gasteiger partial charge in [-0.25, -0.2) is 0 Å². The van der Waals surface area contributed by atoms with Crippen molar-refractivity contribution in [3.05, 3.63) is 22.7 Å². The highest BCUT2D eigenvalue weighted by molar-refractivity contribution is 6.32. The molecule has 96 valence electrons. The van der Waals surface area contributed by atoms with Crippen molar-refractivity contribution in [3.8, 4) is 6.07 Å². The first-order valence-electron chi connectivity index (χ1n) is 6.44. The van der Waals surface area contributed by atoms with E-state index in [1.165, 1.54) is 0 Å². The fourth-order valence-electron chi connectivity index (χ4n) is 2.79. The summed E-state index contributed by atoms with van der Waals surface area (Å²) in [5.41, 5.74) is 2.84. The molecule has 1 unspecified atom stereocenters. The van der Waals surface area contributed by atoms with Gasteiger partial charge in [0.05, 0.1) is 22.0 Å². The van der Waals surface area contributed by atoms with Gasteiger partial charge in [-0.1, -0.05) is 18.5 Å². The van der Waals surface area contributed by atoms with Crippen molar-refractivity contribution in [2.75, 3.05) is 22.9 Å². The van der Waals surface area contributed by atoms with Crippen LogP contribution in [-0.2, 0) is 0 Å². The third-order valence-corrected chi connectivity index (χ3v) is 3.88. The lowest BCUT2D eigenvalue weighted by Gasteiger charge is -2.30. The quantitative estimate of drug-likeness (QED) is 0.835. The van der Waals surface area contributed by atoms with Gasteiger partial charge in [-0.3, -0.25) is 0 Å². The summed E-state index contributed by atoms with van der Waals surface area (Å²) in [5, 5.41) is 9.63. The van der Waals surface area contributed by atoms with Gasteiger partial charge in [-0.2, -0.15) is 5.26 Å². The smallest absolute Gasteiger partial charge is 0.101 e. The molecule has 1 atom stereocenters. The highest BCUT2D eigenvalue weighted by atomic mass is 35.5. The molecule has 1 aliphatic rings. The summed E-state index contributed by atoms with van der Waals surface area (Å²) in [6.45, 7) is 8.37. The van der Waals surface area contributed by atoms with Crippen LogP contribution in [0.2, 0.25) is 5.02 Å². The van der Waals surface area contributed by atoms with Crippen LogP contribution in [0.15, 0.2) is 12.1 Å². The first-order chi connectivity index (χ1) is 8.67. The van der Waals surface area contributed by atoms with Gasteiger partial charge < -0.3 is 9.80 Å². The molecule has 1 aromatic carbocycles. The Morgan fingerprint density at radius 3 is 2.17 bits per heavy atom. The van der Waals surface area contributed by atoms with Crippen LogP contribution in [0, 0.1) is 11.3 Å². The second-order valence-corrected chi connectivity index (χ2v) is 4.80. The van der Waals surface area contributed by atoms with Crippen LogP contribution in [0.25, 0.3) is 0 Å². The molecule has 1 aromatic rings. The van der Waals surface area contributed by atoms with Crippen molar-refractivity contribution in [1.29, 1.82) is 5.26 Å². The van der Waals surface area contributed by atoms with E-state index >= 15 is 0 Å². The molecule has 0 radical (unpaired) electrons. The number of rotatable bonds is 3. The van der Waals surface area contributed by atoms with Crippen molar-refractivity contribution in [3.63, 3.8) is 0 Å². The van der Waals surface area contributed by atoms with Crippen LogP contribution in [0.5, 0.6) is 0 Å². The molecule has 0 fully saturated rings. The predicted octanol–water partition coefficient (Wildman–Crippen LogP) is 3.61. The van der Waals surface area contributed by atoms with E-state index in [2.05, 4.69) is 36.6 Å². The fraction of sp³-hybridized carbons (Fsp3) is 0.500. The van der Waals surface area contributed by atoms with Gasteiger partial charge in [0, 0.05) is 13.1 Å². The highest BCUT2D eigenvalue weighted by Crippen LogP contribution is 2.43. The van der Waals surface area contributed by atoms with Gasteiger partial charge in [-0.15, -0.1) is 0 Å². The van der Waals surface area contributed by atoms with E-state index in [0.717, 1.165) is 30.9 Å². The van der Waals surface area contributed by atoms with Gasteiger partial charge in [-0.05, 0) is 32.4 Å². The monoisotopic (exact) mass is 263 g/mol. The van der Waals surface area contributed by atoms with E-state index < -0.39 is 0 Å². The first-order valence-corrected chi connectivity index (χ1v) is 6.82. The number of halogens is 1. The van der Waals surface area contributed by atoms with Crippen LogP contribution >= 0.6 is 11.6 Å². The van der Waals surface area contributed by atoms with E-state index in [4.69, 9.17) is 16.9 Å². The third kappa shape index (κ3) is 1.81. The topological polar surface area (TPSA) is 30.3 Å². The summed E-state index contributed by atoms with van der Waals surface area (Å²) in [6.07, 6.45) is 1.43. The first kappa shape index (κ1) is 13.0. The summed E-state index contributed by atoms with van der Waals surface area (Å²) < 4.78 is 0. The van der Waals surface area contributed by atoms with Crippen LogP contribution in [0.1, 0.15) is 32.8 Å². The molecule has 0 amide bonds. The Labute approximate surface area is 114 Å². The molecule has 0 aromatic heterocycles. The van der Waals surface area contributed by atoms with Crippen LogP contribution in [0.4, 0.5) is 11.4 Å². The largest absolute Gasteiger partial charge is 0.350 e. The molecule has 2 rings (SSSR count). The number of fused-ring (bicyclic) bond motifs is 1. The van der Waals surface area contributed by atoms with Crippen molar-refractivity contribution >= 4 is 23.0 Å². The Morgan fingerprint density at radius 1 is 1.17 bits per heavy atom. The van der Waals surface area contributed by atoms with Crippen LogP contribution < -0.4 is 9.80 Å². The number of hydrogen-bond acceptors (Lipinski definition) is 3. The molecule has 3 nitrogen and oxygen atoms in total. The zero-order chi connectivity index (χ0) is 13.3. The van der Waals surface area contributed by atoms with E-state index in [9.17, 15) is 0 Å². The molecular formula is C14H18ClN3. The molecule has 1 heterocycles. The van der Waals surface area contributed by atoms with Crippen molar-refractivity contribution in [2.24, 2.45) is 0 Å². The summed E-state index contributed by atoms with van der Waals surface area (Å²) in [7, 11) is 0. The maximum atomic E-state index is 9.09. The standard InChI is InChI=1S/C14H18ClN3/c1-4-14-17(5-2)12-7-10(9-16)11(15)8-13(12)18(14)6-3/h7-8,14H,4-6H2,1-3H3. The molecule has 0 saturated heterocycles. The summed E-state index contributed by atoms with van der Waals surface area (Å²) in [6, 6.07) is 6.00. The molecule has 4 heteroatoms. The van der Waals surface area contributed by atoms with Crippen LogP contribution in [0.3, 0.4) is 0 Å². The molecule has 0 N–H and O–H groups in total. The van der Waals surface area contributed by atoms with Crippen molar-refractivity contribution in [1.82, 2.24) is 0 Å². The number of anilines is 2. The van der Waals surface area contributed by atoms with E-state index in [-0.39, 0.29) is 0 Å². The molecule has 0 aliphatic carbocycles. The zero-order valence-electron chi connectivity index (χ0n) is 11.1. The van der Waals surface area contributed by atoms with Gasteiger partial charge >= 0.3 is 0 Å². The molecule has 18 heavy (non-hydrogen) atoms. The van der Waals surface area contributed by atoms with Gasteiger partial charge in [0.2, 0.25) is 0 Å². The van der Waals surface area contributed by atoms with Gasteiger partial charge in [0.1, 0.15) is 12.2 Å². The maximum Gasteiger partial charge on any atom is 0.101 e. The minimum Gasteiger partial charge on any atom is -0.350 e. The Kier molecular flexibility index (Phi) is 3.68. The second-order valence-electron chi connectivity index (χ2n) is 4.39. The lowest BCUT2D eigenvalue weighted by Crippen LogP contribution is -2.42. The normalized spacial score (nSPS) is 17.8. The highest BCUT2D eigenvalue weighted by Gasteiger charge is 2.33. The van der Waals surface area contributed by atoms with Crippen molar-refractivity contribution in [2.45, 2.75) is 33.4 Å². The minimum absolute atomic E-state index is 0.375. The number of nitrogens with zero attached hydrogens (tertiary/aromatic N) is 3. The lowest BCUT2D eigenvalue weighted by molar-refractivity contribution is 0.580. The van der Waals surface area contributed by atoms with Crippen LogP contribution in [-0.4, -0.2) is 19.3 Å². The Hall–Kier alpha value is -1.40. The average Bonchev–Trinajstić information content (AvgIpc) is 2.69. The van der Waals surface area contributed by atoms with E-state index in [0.29, 0.717) is 16.8 Å². The molecule has 1 aliphatic heterocycles. The molecular weight excluding hydrogens is 246 g/mol. The van der Waals surface area contributed by atoms with E-state index in [1.54, 1.807) is 0 Å². The fourth-order valence-corrected chi connectivity index (χ4v) is 2.99. The van der Waals surface area contributed by atoms with Gasteiger partial charge in [0.25, 0.3) is 0 Å². The Bertz CT molecular complexity index is 493. The number of nitriles is 1. The second kappa shape index (κ2) is 5.07. The summed E-state index contributed by atoms with van der Waals surface area (Å²) in [4.78, 5) is 4.70. The number of hydrogen-bond donors (Lipinski definition) is 0. The predicted molar refractivity (Wildman–Crippen MR) is 76.3 cm³/mol. The average molecular weight is 264 g/mol. The Balaban J connectivity index is 2.58. The Morgan fingerprint density at radius 2 is 1.72 bits per heavy atom. The minimum atomic E-state index is 0.375. The summed E-state index contributed by atoms with van der Waals surface area (Å²) >= 11 is 6.14. The van der Waals surface area contributed by atoms with E-state index in [1.807, 2.05) is 12.1 Å². The zero-order valence-corrected chi connectivity index (χ0v) is 11.8. The summed E-state index contributed by atoms with van der Waals surface area (Å²) in [5.74, 6) is 0. The maximum absolute atomic E-state index is 9.09. The third-order valence-electron chi connectivity index (χ3n) is 3.57. The lowest BCUT2D eigenvalue weighted by atomic mass is 10.2. The van der Waals surface area contributed by atoms with Crippen molar-refractivity contribution < 1.29 is 0 Å². The molecule has 0 saturated carbocycles.